The summed E-state index contributed by atoms with van der Waals surface area (Å²) in [6.07, 6.45) is 0.692. The molecule has 0 bridgehead atoms. The number of methoxy groups -OCH3 is 3. The molecule has 1 aliphatic heterocycles. The van der Waals surface area contributed by atoms with Crippen molar-refractivity contribution >= 4 is 11.9 Å². The van der Waals surface area contributed by atoms with E-state index in [-0.39, 0.29) is 18.6 Å². The Labute approximate surface area is 205 Å². The average Bonchev–Trinajstić information content (AvgIpc) is 2.90. The smallest absolute Gasteiger partial charge is 0.337 e. The van der Waals surface area contributed by atoms with Crippen molar-refractivity contribution in [2.75, 3.05) is 34.5 Å². The van der Waals surface area contributed by atoms with Crippen LogP contribution in [-0.4, -0.2) is 51.3 Å². The molecule has 0 fully saturated rings. The zero-order valence-corrected chi connectivity index (χ0v) is 20.4. The number of hydrogen-bond donors (Lipinski definition) is 0. The first-order chi connectivity index (χ1) is 16.9. The van der Waals surface area contributed by atoms with E-state index in [0.29, 0.717) is 41.3 Å². The molecule has 4 rings (SSSR count). The largest absolute Gasteiger partial charge is 0.493 e. The summed E-state index contributed by atoms with van der Waals surface area (Å²) in [4.78, 5) is 27.1. The van der Waals surface area contributed by atoms with Crippen molar-refractivity contribution in [3.05, 3.63) is 88.5 Å². The van der Waals surface area contributed by atoms with Crippen LogP contribution in [0.5, 0.6) is 17.2 Å². The first-order valence-electron chi connectivity index (χ1n) is 11.4. The molecule has 35 heavy (non-hydrogen) atoms. The number of carbonyl (C=O) groups excluding carboxylic acids is 2. The monoisotopic (exact) mass is 475 g/mol. The van der Waals surface area contributed by atoms with E-state index in [0.717, 1.165) is 16.7 Å². The minimum atomic E-state index is -0.409. The summed E-state index contributed by atoms with van der Waals surface area (Å²) >= 11 is 0. The number of ether oxygens (including phenoxy) is 4. The second kappa shape index (κ2) is 10.5. The van der Waals surface area contributed by atoms with Gasteiger partial charge in [0.2, 0.25) is 0 Å². The molecule has 7 heteroatoms. The summed E-state index contributed by atoms with van der Waals surface area (Å²) in [7, 11) is 4.55. The third-order valence-electron chi connectivity index (χ3n) is 6.25. The lowest BCUT2D eigenvalue weighted by atomic mass is 9.91. The molecular formula is C28H29NO6. The molecular weight excluding hydrogens is 446 g/mol. The van der Waals surface area contributed by atoms with Crippen LogP contribution in [0.3, 0.4) is 0 Å². The Morgan fingerprint density at radius 2 is 1.51 bits per heavy atom. The maximum absolute atomic E-state index is 13.5. The number of carbonyl (C=O) groups is 2. The van der Waals surface area contributed by atoms with E-state index >= 15 is 0 Å². The Bertz CT molecular complexity index is 1200. The summed E-state index contributed by atoms with van der Waals surface area (Å²) in [6.45, 7) is 2.77. The van der Waals surface area contributed by atoms with Crippen molar-refractivity contribution in [1.29, 1.82) is 0 Å². The number of hydrogen-bond acceptors (Lipinski definition) is 6. The number of rotatable bonds is 7. The van der Waals surface area contributed by atoms with E-state index in [4.69, 9.17) is 18.9 Å². The van der Waals surface area contributed by atoms with Crippen LogP contribution in [0.1, 0.15) is 43.4 Å². The standard InChI is InChI=1S/C28H29NO6/c1-18-5-7-19(8-6-18)27(30)29-14-13-21-15-25(32-2)26(33-3)16-23(21)24(29)17-35-22-11-9-20(10-12-22)28(31)34-4/h5-12,15-16,24H,13-14,17H2,1-4H3/t24-/m1/s1. The van der Waals surface area contributed by atoms with Crippen molar-refractivity contribution in [2.24, 2.45) is 0 Å². The van der Waals surface area contributed by atoms with Gasteiger partial charge in [0.25, 0.3) is 5.91 Å². The van der Waals surface area contributed by atoms with E-state index in [9.17, 15) is 9.59 Å². The van der Waals surface area contributed by atoms with Crippen molar-refractivity contribution in [2.45, 2.75) is 19.4 Å². The summed E-state index contributed by atoms with van der Waals surface area (Å²) in [5.41, 5.74) is 4.21. The summed E-state index contributed by atoms with van der Waals surface area (Å²) in [5, 5.41) is 0. The molecule has 3 aromatic carbocycles. The first kappa shape index (κ1) is 24.1. The van der Waals surface area contributed by atoms with E-state index in [1.165, 1.54) is 7.11 Å². The van der Waals surface area contributed by atoms with Crippen LogP contribution in [0, 0.1) is 6.92 Å². The SMILES string of the molecule is COC(=O)c1ccc(OC[C@@H]2c3cc(OC)c(OC)cc3CCN2C(=O)c2ccc(C)cc2)cc1. The maximum atomic E-state index is 13.5. The fraction of sp³-hybridized carbons (Fsp3) is 0.286. The molecule has 1 amide bonds. The molecule has 0 saturated carbocycles. The van der Waals surface area contributed by atoms with Gasteiger partial charge >= 0.3 is 5.97 Å². The topological polar surface area (TPSA) is 74.3 Å². The minimum Gasteiger partial charge on any atom is -0.493 e. The number of amides is 1. The molecule has 0 saturated heterocycles. The van der Waals surface area contributed by atoms with Gasteiger partial charge in [0, 0.05) is 12.1 Å². The van der Waals surface area contributed by atoms with Crippen LogP contribution >= 0.6 is 0 Å². The van der Waals surface area contributed by atoms with Gasteiger partial charge in [-0.25, -0.2) is 4.79 Å². The van der Waals surface area contributed by atoms with Gasteiger partial charge in [0.05, 0.1) is 32.9 Å². The lowest BCUT2D eigenvalue weighted by Gasteiger charge is -2.37. The number of esters is 1. The number of benzene rings is 3. The van der Waals surface area contributed by atoms with Gasteiger partial charge in [-0.1, -0.05) is 17.7 Å². The molecule has 1 atom stereocenters. The quantitative estimate of drug-likeness (QED) is 0.465. The predicted molar refractivity (Wildman–Crippen MR) is 131 cm³/mol. The highest BCUT2D eigenvalue weighted by Crippen LogP contribution is 2.39. The van der Waals surface area contributed by atoms with Gasteiger partial charge in [-0.15, -0.1) is 0 Å². The van der Waals surface area contributed by atoms with Gasteiger partial charge in [-0.3, -0.25) is 4.79 Å². The Balaban J connectivity index is 1.66. The number of nitrogens with zero attached hydrogens (tertiary/aromatic N) is 1. The molecule has 1 aliphatic rings. The van der Waals surface area contributed by atoms with Crippen molar-refractivity contribution in [1.82, 2.24) is 4.90 Å². The molecule has 0 radical (unpaired) electrons. The Hall–Kier alpha value is -4.00. The molecule has 3 aromatic rings. The summed E-state index contributed by atoms with van der Waals surface area (Å²) < 4.78 is 21.9. The fourth-order valence-corrected chi connectivity index (χ4v) is 4.29. The van der Waals surface area contributed by atoms with Crippen molar-refractivity contribution in [3.63, 3.8) is 0 Å². The van der Waals surface area contributed by atoms with Crippen molar-refractivity contribution in [3.8, 4) is 17.2 Å². The van der Waals surface area contributed by atoms with Gasteiger partial charge in [-0.05, 0) is 73.0 Å². The third kappa shape index (κ3) is 5.09. The normalized spacial score (nSPS) is 14.6. The van der Waals surface area contributed by atoms with Crippen molar-refractivity contribution < 1.29 is 28.5 Å². The second-order valence-corrected chi connectivity index (χ2v) is 8.36. The van der Waals surface area contributed by atoms with Crippen LogP contribution in [-0.2, 0) is 11.2 Å². The predicted octanol–water partition coefficient (Wildman–Crippen LogP) is 4.62. The third-order valence-corrected chi connectivity index (χ3v) is 6.25. The van der Waals surface area contributed by atoms with E-state index in [1.807, 2.05) is 48.2 Å². The molecule has 0 spiro atoms. The highest BCUT2D eigenvalue weighted by molar-refractivity contribution is 5.94. The highest BCUT2D eigenvalue weighted by atomic mass is 16.5. The maximum Gasteiger partial charge on any atom is 0.337 e. The van der Waals surface area contributed by atoms with Crippen LogP contribution in [0.2, 0.25) is 0 Å². The second-order valence-electron chi connectivity index (χ2n) is 8.36. The van der Waals surface area contributed by atoms with Gasteiger partial charge in [0.15, 0.2) is 11.5 Å². The van der Waals surface area contributed by atoms with Crippen LogP contribution in [0.25, 0.3) is 0 Å². The van der Waals surface area contributed by atoms with Crippen LogP contribution in [0.4, 0.5) is 0 Å². The molecule has 1 heterocycles. The van der Waals surface area contributed by atoms with Gasteiger partial charge < -0.3 is 23.8 Å². The minimum absolute atomic E-state index is 0.0555. The molecule has 0 aromatic heterocycles. The molecule has 0 N–H and O–H groups in total. The zero-order chi connectivity index (χ0) is 24.9. The highest BCUT2D eigenvalue weighted by Gasteiger charge is 2.33. The molecule has 0 unspecified atom stereocenters. The van der Waals surface area contributed by atoms with Crippen LogP contribution in [0.15, 0.2) is 60.7 Å². The fourth-order valence-electron chi connectivity index (χ4n) is 4.29. The average molecular weight is 476 g/mol. The Morgan fingerprint density at radius 1 is 0.886 bits per heavy atom. The first-order valence-corrected chi connectivity index (χ1v) is 11.4. The van der Waals surface area contributed by atoms with E-state index in [1.54, 1.807) is 38.5 Å². The number of aryl methyl sites for hydroxylation is 1. The zero-order valence-electron chi connectivity index (χ0n) is 20.4. The molecule has 7 nitrogen and oxygen atoms in total. The van der Waals surface area contributed by atoms with E-state index < -0.39 is 5.97 Å². The lowest BCUT2D eigenvalue weighted by Crippen LogP contribution is -2.42. The lowest BCUT2D eigenvalue weighted by molar-refractivity contribution is 0.0583. The number of fused-ring (bicyclic) bond motifs is 1. The Morgan fingerprint density at radius 3 is 2.14 bits per heavy atom. The van der Waals surface area contributed by atoms with Gasteiger partial charge in [0.1, 0.15) is 12.4 Å². The van der Waals surface area contributed by atoms with E-state index in [2.05, 4.69) is 0 Å². The Kier molecular flexibility index (Phi) is 7.25. The van der Waals surface area contributed by atoms with Crippen LogP contribution < -0.4 is 14.2 Å². The summed E-state index contributed by atoms with van der Waals surface area (Å²) in [5.74, 6) is 1.38. The molecule has 0 aliphatic carbocycles. The summed E-state index contributed by atoms with van der Waals surface area (Å²) in [6, 6.07) is 17.9. The molecule has 182 valence electrons. The van der Waals surface area contributed by atoms with Gasteiger partial charge in [-0.2, -0.15) is 0 Å².